The van der Waals surface area contributed by atoms with Crippen molar-refractivity contribution in [2.45, 2.75) is 39.3 Å². The second-order valence-corrected chi connectivity index (χ2v) is 5.10. The van der Waals surface area contributed by atoms with Crippen LogP contribution in [0.15, 0.2) is 24.3 Å². The van der Waals surface area contributed by atoms with Crippen molar-refractivity contribution in [3.05, 3.63) is 29.8 Å². The first kappa shape index (κ1) is 12.0. The SMILES string of the molecule is CC(C)C(C)NC(=O)C1Cc2ccccc2N1. The third-order valence-corrected chi connectivity index (χ3v) is 3.46. The van der Waals surface area contributed by atoms with E-state index in [4.69, 9.17) is 0 Å². The van der Waals surface area contributed by atoms with E-state index in [-0.39, 0.29) is 18.0 Å². The van der Waals surface area contributed by atoms with Crippen LogP contribution in [0.4, 0.5) is 5.69 Å². The number of hydrogen-bond acceptors (Lipinski definition) is 2. The van der Waals surface area contributed by atoms with Crippen LogP contribution in [-0.2, 0) is 11.2 Å². The molecular formula is C14H20N2O. The number of para-hydroxylation sites is 1. The lowest BCUT2D eigenvalue weighted by atomic mass is 10.1. The zero-order chi connectivity index (χ0) is 12.4. The fourth-order valence-corrected chi connectivity index (χ4v) is 1.95. The van der Waals surface area contributed by atoms with E-state index in [1.165, 1.54) is 5.56 Å². The Labute approximate surface area is 103 Å². The smallest absolute Gasteiger partial charge is 0.243 e. The van der Waals surface area contributed by atoms with Crippen LogP contribution in [0.25, 0.3) is 0 Å². The van der Waals surface area contributed by atoms with Crippen molar-refractivity contribution in [3.8, 4) is 0 Å². The van der Waals surface area contributed by atoms with Gasteiger partial charge in [0.1, 0.15) is 6.04 Å². The van der Waals surface area contributed by atoms with Gasteiger partial charge in [0.15, 0.2) is 0 Å². The quantitative estimate of drug-likeness (QED) is 0.838. The topological polar surface area (TPSA) is 41.1 Å². The van der Waals surface area contributed by atoms with Crippen molar-refractivity contribution >= 4 is 11.6 Å². The third-order valence-electron chi connectivity index (χ3n) is 3.46. The molecule has 92 valence electrons. The van der Waals surface area contributed by atoms with Crippen molar-refractivity contribution in [1.82, 2.24) is 5.32 Å². The van der Waals surface area contributed by atoms with E-state index in [1.54, 1.807) is 0 Å². The fourth-order valence-electron chi connectivity index (χ4n) is 1.95. The first-order valence-electron chi connectivity index (χ1n) is 6.22. The Bertz CT molecular complexity index is 389. The number of nitrogens with one attached hydrogen (secondary N) is 2. The summed E-state index contributed by atoms with van der Waals surface area (Å²) in [6.07, 6.45) is 0.785. The highest BCUT2D eigenvalue weighted by Crippen LogP contribution is 2.25. The van der Waals surface area contributed by atoms with E-state index in [9.17, 15) is 4.79 Å². The molecular weight excluding hydrogens is 212 g/mol. The summed E-state index contributed by atoms with van der Waals surface area (Å²) in [4.78, 5) is 12.1. The van der Waals surface area contributed by atoms with Crippen molar-refractivity contribution in [2.24, 2.45) is 5.92 Å². The average Bonchev–Trinajstić information content (AvgIpc) is 2.72. The zero-order valence-electron chi connectivity index (χ0n) is 10.7. The van der Waals surface area contributed by atoms with Gasteiger partial charge in [0, 0.05) is 18.2 Å². The highest BCUT2D eigenvalue weighted by atomic mass is 16.2. The van der Waals surface area contributed by atoms with Crippen LogP contribution in [0.2, 0.25) is 0 Å². The molecule has 0 bridgehead atoms. The molecule has 1 amide bonds. The minimum Gasteiger partial charge on any atom is -0.373 e. The molecule has 0 saturated carbocycles. The third kappa shape index (κ3) is 2.60. The molecule has 1 heterocycles. The van der Waals surface area contributed by atoms with Crippen LogP contribution in [0.3, 0.4) is 0 Å². The maximum Gasteiger partial charge on any atom is 0.243 e. The lowest BCUT2D eigenvalue weighted by molar-refractivity contribution is -0.122. The van der Waals surface area contributed by atoms with Gasteiger partial charge in [0.2, 0.25) is 5.91 Å². The zero-order valence-corrected chi connectivity index (χ0v) is 10.7. The molecule has 1 aliphatic heterocycles. The van der Waals surface area contributed by atoms with E-state index in [0.717, 1.165) is 12.1 Å². The average molecular weight is 232 g/mol. The highest BCUT2D eigenvalue weighted by molar-refractivity contribution is 5.87. The predicted octanol–water partition coefficient (Wildman–Crippen LogP) is 2.18. The van der Waals surface area contributed by atoms with Gasteiger partial charge in [-0.3, -0.25) is 4.79 Å². The van der Waals surface area contributed by atoms with Crippen molar-refractivity contribution in [3.63, 3.8) is 0 Å². The van der Waals surface area contributed by atoms with Gasteiger partial charge < -0.3 is 10.6 Å². The van der Waals surface area contributed by atoms with Gasteiger partial charge >= 0.3 is 0 Å². The minimum absolute atomic E-state index is 0.0994. The molecule has 2 unspecified atom stereocenters. The Balaban J connectivity index is 1.97. The number of benzene rings is 1. The number of amides is 1. The van der Waals surface area contributed by atoms with Gasteiger partial charge in [-0.15, -0.1) is 0 Å². The lowest BCUT2D eigenvalue weighted by Crippen LogP contribution is -2.44. The number of carbonyl (C=O) groups is 1. The molecule has 17 heavy (non-hydrogen) atoms. The molecule has 2 atom stereocenters. The van der Waals surface area contributed by atoms with Crippen LogP contribution in [0, 0.1) is 5.92 Å². The second kappa shape index (κ2) is 4.78. The first-order valence-corrected chi connectivity index (χ1v) is 6.22. The molecule has 0 spiro atoms. The molecule has 2 N–H and O–H groups in total. The second-order valence-electron chi connectivity index (χ2n) is 5.10. The first-order chi connectivity index (χ1) is 8.08. The number of carbonyl (C=O) groups excluding carboxylic acids is 1. The fraction of sp³-hybridized carbons (Fsp3) is 0.500. The van der Waals surface area contributed by atoms with E-state index in [1.807, 2.05) is 25.1 Å². The summed E-state index contributed by atoms with van der Waals surface area (Å²) in [5.41, 5.74) is 2.31. The summed E-state index contributed by atoms with van der Waals surface area (Å²) in [5, 5.41) is 6.32. The van der Waals surface area contributed by atoms with Crippen molar-refractivity contribution < 1.29 is 4.79 Å². The molecule has 3 heteroatoms. The van der Waals surface area contributed by atoms with Crippen LogP contribution in [0.5, 0.6) is 0 Å². The maximum atomic E-state index is 12.1. The van der Waals surface area contributed by atoms with Gasteiger partial charge in [-0.1, -0.05) is 32.0 Å². The Morgan fingerprint density at radius 3 is 2.71 bits per heavy atom. The molecule has 0 aliphatic carbocycles. The predicted molar refractivity (Wildman–Crippen MR) is 70.0 cm³/mol. The van der Waals surface area contributed by atoms with E-state index >= 15 is 0 Å². The Kier molecular flexibility index (Phi) is 3.36. The summed E-state index contributed by atoms with van der Waals surface area (Å²) in [7, 11) is 0. The van der Waals surface area contributed by atoms with Crippen molar-refractivity contribution in [1.29, 1.82) is 0 Å². The molecule has 1 aromatic rings. The van der Waals surface area contributed by atoms with Crippen LogP contribution in [-0.4, -0.2) is 18.0 Å². The summed E-state index contributed by atoms with van der Waals surface area (Å²) in [6.45, 7) is 6.27. The van der Waals surface area contributed by atoms with Gasteiger partial charge in [-0.25, -0.2) is 0 Å². The van der Waals surface area contributed by atoms with Gasteiger partial charge in [-0.2, -0.15) is 0 Å². The highest BCUT2D eigenvalue weighted by Gasteiger charge is 2.27. The summed E-state index contributed by atoms with van der Waals surface area (Å²) in [6, 6.07) is 8.19. The standard InChI is InChI=1S/C14H20N2O/c1-9(2)10(3)15-14(17)13-8-11-6-4-5-7-12(11)16-13/h4-7,9-10,13,16H,8H2,1-3H3,(H,15,17). The molecule has 0 aromatic heterocycles. The molecule has 2 rings (SSSR count). The van der Waals surface area contributed by atoms with E-state index < -0.39 is 0 Å². The largest absolute Gasteiger partial charge is 0.373 e. The molecule has 1 aromatic carbocycles. The molecule has 1 aliphatic rings. The molecule has 3 nitrogen and oxygen atoms in total. The summed E-state index contributed by atoms with van der Waals surface area (Å²) < 4.78 is 0. The normalized spacial score (nSPS) is 19.6. The number of fused-ring (bicyclic) bond motifs is 1. The van der Waals surface area contributed by atoms with Gasteiger partial charge in [-0.05, 0) is 24.5 Å². The maximum absolute atomic E-state index is 12.1. The number of hydrogen-bond donors (Lipinski definition) is 2. The van der Waals surface area contributed by atoms with Crippen molar-refractivity contribution in [2.75, 3.05) is 5.32 Å². The van der Waals surface area contributed by atoms with E-state index in [0.29, 0.717) is 5.92 Å². The van der Waals surface area contributed by atoms with E-state index in [2.05, 4.69) is 30.5 Å². The Morgan fingerprint density at radius 2 is 2.06 bits per heavy atom. The Hall–Kier alpha value is -1.51. The van der Waals surface area contributed by atoms with Crippen LogP contribution < -0.4 is 10.6 Å². The van der Waals surface area contributed by atoms with Crippen LogP contribution in [0.1, 0.15) is 26.3 Å². The molecule has 0 saturated heterocycles. The minimum atomic E-state index is -0.117. The monoisotopic (exact) mass is 232 g/mol. The van der Waals surface area contributed by atoms with Gasteiger partial charge in [0.25, 0.3) is 0 Å². The number of anilines is 1. The van der Waals surface area contributed by atoms with Crippen LogP contribution >= 0.6 is 0 Å². The summed E-state index contributed by atoms with van der Waals surface area (Å²) in [5.74, 6) is 0.560. The van der Waals surface area contributed by atoms with Gasteiger partial charge in [0.05, 0.1) is 0 Å². The Morgan fingerprint density at radius 1 is 1.35 bits per heavy atom. The number of rotatable bonds is 3. The molecule has 0 radical (unpaired) electrons. The lowest BCUT2D eigenvalue weighted by Gasteiger charge is -2.20. The molecule has 0 fully saturated rings. The summed E-state index contributed by atoms with van der Waals surface area (Å²) >= 11 is 0.